The second-order valence-corrected chi connectivity index (χ2v) is 14.2. The van der Waals surface area contributed by atoms with Crippen LogP contribution >= 0.6 is 0 Å². The van der Waals surface area contributed by atoms with Gasteiger partial charge in [-0.05, 0) is 117 Å². The molecule has 8 bridgehead atoms. The maximum absolute atomic E-state index is 13.1. The van der Waals surface area contributed by atoms with Crippen molar-refractivity contribution in [3.8, 4) is 0 Å². The van der Waals surface area contributed by atoms with Gasteiger partial charge in [0, 0.05) is 61.8 Å². The molecular weight excluding hydrogens is 496 g/mol. The molecule has 0 aliphatic carbocycles. The van der Waals surface area contributed by atoms with E-state index >= 15 is 0 Å². The Labute approximate surface area is 238 Å². The summed E-state index contributed by atoms with van der Waals surface area (Å²) in [5.74, 6) is -0.178. The van der Waals surface area contributed by atoms with Crippen LogP contribution in [0.2, 0.25) is 0 Å². The average molecular weight is 543 g/mol. The highest BCUT2D eigenvalue weighted by atomic mass is 16.5. The molecule has 4 aromatic heterocycles. The van der Waals surface area contributed by atoms with Crippen LogP contribution in [0.4, 0.5) is 0 Å². The highest BCUT2D eigenvalue weighted by Crippen LogP contribution is 2.41. The number of aromatic nitrogens is 4. The highest BCUT2D eigenvalue weighted by molar-refractivity contribution is 5.76. The number of fused-ring (bicyclic) bond motifs is 8. The van der Waals surface area contributed by atoms with Crippen molar-refractivity contribution < 1.29 is 9.53 Å². The lowest BCUT2D eigenvalue weighted by molar-refractivity contribution is -0.155. The minimum absolute atomic E-state index is 0.178. The Morgan fingerprint density at radius 1 is 0.600 bits per heavy atom. The Bertz CT molecular complexity index is 1440. The number of esters is 1. The molecule has 5 rings (SSSR count). The predicted octanol–water partition coefficient (Wildman–Crippen LogP) is 7.58. The molecule has 6 heteroatoms. The summed E-state index contributed by atoms with van der Waals surface area (Å²) in [6, 6.07) is 17.4. The van der Waals surface area contributed by atoms with Crippen LogP contribution in [-0.4, -0.2) is 32.5 Å². The molecule has 40 heavy (non-hydrogen) atoms. The van der Waals surface area contributed by atoms with Crippen LogP contribution in [-0.2, 0) is 31.2 Å². The van der Waals surface area contributed by atoms with E-state index in [1.165, 1.54) is 0 Å². The van der Waals surface area contributed by atoms with Gasteiger partial charge in [0.2, 0.25) is 0 Å². The smallest absolute Gasteiger partial charge is 0.311 e. The van der Waals surface area contributed by atoms with Crippen molar-refractivity contribution in [2.75, 3.05) is 6.61 Å². The monoisotopic (exact) mass is 542 g/mol. The average Bonchev–Trinajstić information content (AvgIpc) is 3.71. The second kappa shape index (κ2) is 9.05. The fourth-order valence-electron chi connectivity index (χ4n) is 5.70. The van der Waals surface area contributed by atoms with E-state index in [9.17, 15) is 4.79 Å². The van der Waals surface area contributed by atoms with E-state index in [1.54, 1.807) is 0 Å². The Balaban J connectivity index is 1.69. The summed E-state index contributed by atoms with van der Waals surface area (Å²) in [6.07, 6.45) is 0.720. The third kappa shape index (κ3) is 4.27. The van der Waals surface area contributed by atoms with Crippen molar-refractivity contribution in [2.45, 2.75) is 97.3 Å². The first-order valence-electron chi connectivity index (χ1n) is 14.5. The molecule has 0 radical (unpaired) electrons. The Morgan fingerprint density at radius 2 is 0.875 bits per heavy atom. The van der Waals surface area contributed by atoms with Crippen LogP contribution < -0.4 is 0 Å². The molecular formula is C34H46N4O2. The van der Waals surface area contributed by atoms with E-state index in [-0.39, 0.29) is 28.8 Å². The van der Waals surface area contributed by atoms with Crippen LogP contribution in [0.1, 0.15) is 121 Å². The quantitative estimate of drug-likeness (QED) is 0.200. The molecule has 5 heterocycles. The van der Waals surface area contributed by atoms with Crippen molar-refractivity contribution in [3.05, 3.63) is 94.1 Å². The van der Waals surface area contributed by atoms with Crippen molar-refractivity contribution in [1.29, 1.82) is 0 Å². The lowest BCUT2D eigenvalue weighted by Crippen LogP contribution is -2.36. The van der Waals surface area contributed by atoms with E-state index in [2.05, 4.69) is 117 Å². The normalized spacial score (nSPS) is 18.9. The van der Waals surface area contributed by atoms with Crippen molar-refractivity contribution in [2.24, 2.45) is 5.41 Å². The topological polar surface area (TPSA) is 89.5 Å². The summed E-state index contributed by atoms with van der Waals surface area (Å²) < 4.78 is 6.06. The van der Waals surface area contributed by atoms with Crippen molar-refractivity contribution in [3.63, 3.8) is 0 Å². The lowest BCUT2D eigenvalue weighted by atomic mass is 9.84. The molecule has 0 unspecified atom stereocenters. The third-order valence-electron chi connectivity index (χ3n) is 9.90. The number of ether oxygens (including phenoxy) is 1. The molecule has 0 aromatic carbocycles. The number of carbonyl (C=O) groups excluding carboxylic acids is 1. The summed E-state index contributed by atoms with van der Waals surface area (Å²) >= 11 is 0. The zero-order valence-electron chi connectivity index (χ0n) is 25.8. The molecule has 4 N–H and O–H groups in total. The van der Waals surface area contributed by atoms with Crippen molar-refractivity contribution in [1.82, 2.24) is 19.9 Å². The van der Waals surface area contributed by atoms with E-state index in [0.29, 0.717) is 0 Å². The number of hydrogen-bond donors (Lipinski definition) is 4. The SMILES string of the molecule is CCC(C)(C)C(=O)OCC1(C)c2ccc([nH]2)C(C)(C)c2ccc([nH]2)C(C)(C)c2ccc([nH]2)C(C)(C)c2ccc1[nH]2. The fraction of sp³-hybridized carbons (Fsp3) is 0.500. The van der Waals surface area contributed by atoms with Gasteiger partial charge in [-0.2, -0.15) is 0 Å². The first kappa shape index (κ1) is 28.1. The molecule has 0 saturated heterocycles. The molecule has 1 aliphatic heterocycles. The van der Waals surface area contributed by atoms with Gasteiger partial charge >= 0.3 is 5.97 Å². The van der Waals surface area contributed by atoms with Gasteiger partial charge in [-0.3, -0.25) is 4.79 Å². The van der Waals surface area contributed by atoms with Gasteiger partial charge in [-0.1, -0.05) is 6.92 Å². The zero-order valence-corrected chi connectivity index (χ0v) is 25.8. The molecule has 0 atom stereocenters. The molecule has 4 aromatic rings. The van der Waals surface area contributed by atoms with E-state index in [1.807, 2.05) is 20.8 Å². The van der Waals surface area contributed by atoms with Gasteiger partial charge in [0.25, 0.3) is 0 Å². The third-order valence-corrected chi connectivity index (χ3v) is 9.90. The van der Waals surface area contributed by atoms with Crippen LogP contribution in [0, 0.1) is 5.41 Å². The summed E-state index contributed by atoms with van der Waals surface area (Å²) in [5.41, 5.74) is 6.86. The minimum Gasteiger partial charge on any atom is -0.464 e. The molecule has 1 aliphatic rings. The Morgan fingerprint density at radius 3 is 1.18 bits per heavy atom. The number of rotatable bonds is 4. The summed E-state index contributed by atoms with van der Waals surface area (Å²) in [5, 5.41) is 0. The van der Waals surface area contributed by atoms with Gasteiger partial charge in [0.05, 0.1) is 10.8 Å². The molecule has 214 valence electrons. The zero-order chi connectivity index (χ0) is 29.3. The summed E-state index contributed by atoms with van der Waals surface area (Å²) in [4.78, 5) is 28.1. The summed E-state index contributed by atoms with van der Waals surface area (Å²) in [6.45, 7) is 21.7. The van der Waals surface area contributed by atoms with E-state index < -0.39 is 10.8 Å². The lowest BCUT2D eigenvalue weighted by Gasteiger charge is -2.31. The second-order valence-electron chi connectivity index (χ2n) is 14.2. The molecule has 0 fully saturated rings. The van der Waals surface area contributed by atoms with Gasteiger partial charge in [0.1, 0.15) is 6.61 Å². The van der Waals surface area contributed by atoms with Crippen molar-refractivity contribution >= 4 is 5.97 Å². The first-order valence-corrected chi connectivity index (χ1v) is 14.5. The van der Waals surface area contributed by atoms with Crippen LogP contribution in [0.3, 0.4) is 0 Å². The maximum atomic E-state index is 13.1. The fourth-order valence-corrected chi connectivity index (χ4v) is 5.70. The van der Waals surface area contributed by atoms with Gasteiger partial charge in [-0.15, -0.1) is 0 Å². The molecule has 0 amide bonds. The predicted molar refractivity (Wildman–Crippen MR) is 161 cm³/mol. The largest absolute Gasteiger partial charge is 0.464 e. The molecule has 0 spiro atoms. The first-order chi connectivity index (χ1) is 18.5. The summed E-state index contributed by atoms with van der Waals surface area (Å²) in [7, 11) is 0. The highest BCUT2D eigenvalue weighted by Gasteiger charge is 2.40. The number of H-pyrrole nitrogens is 4. The number of aromatic amines is 4. The van der Waals surface area contributed by atoms with Gasteiger partial charge < -0.3 is 24.7 Å². The molecule has 0 saturated carbocycles. The van der Waals surface area contributed by atoms with Gasteiger partial charge in [0.15, 0.2) is 0 Å². The Hall–Kier alpha value is -3.41. The van der Waals surface area contributed by atoms with Crippen LogP contribution in [0.15, 0.2) is 48.5 Å². The van der Waals surface area contributed by atoms with Crippen LogP contribution in [0.25, 0.3) is 0 Å². The number of carbonyl (C=O) groups is 1. The Kier molecular flexibility index (Phi) is 6.37. The van der Waals surface area contributed by atoms with Crippen LogP contribution in [0.5, 0.6) is 0 Å². The number of nitrogens with one attached hydrogen (secondary N) is 4. The molecule has 6 nitrogen and oxygen atoms in total. The van der Waals surface area contributed by atoms with E-state index in [4.69, 9.17) is 4.74 Å². The van der Waals surface area contributed by atoms with Gasteiger partial charge in [-0.25, -0.2) is 0 Å². The maximum Gasteiger partial charge on any atom is 0.311 e. The minimum atomic E-state index is -0.608. The number of hydrogen-bond acceptors (Lipinski definition) is 2. The standard InChI is InChI=1S/C34H46N4O2/c1-11-30(2,3)29(39)40-20-34(10)27-18-16-25(37-27)32(6,7)23-14-12-21(35-23)31(4,5)22-13-15-24(36-22)33(8,9)26-17-19-28(34)38-26/h12-19,35-38H,11,20H2,1-10H3. The van der Waals surface area contributed by atoms with E-state index in [0.717, 1.165) is 52.0 Å².